The normalized spacial score (nSPS) is 10.9. The van der Waals surface area contributed by atoms with Crippen LogP contribution in [0.1, 0.15) is 11.1 Å². The van der Waals surface area contributed by atoms with E-state index in [0.717, 1.165) is 32.1 Å². The fourth-order valence-electron chi connectivity index (χ4n) is 3.09. The number of aromatic nitrogens is 1. The van der Waals surface area contributed by atoms with E-state index >= 15 is 0 Å². The van der Waals surface area contributed by atoms with Gasteiger partial charge >= 0.3 is 6.03 Å². The number of amides is 2. The maximum absolute atomic E-state index is 12.4. The average Bonchev–Trinajstić information content (AvgIpc) is 3.11. The standard InChI is InChI=1S/C21H19N3O2S/c1-13-10-11-17(26-2)18-19(13)27-21(23-18)24-20(25)22-12-15-8-5-7-14-6-3-4-9-16(14)15/h3-11H,12H2,1-2H3,(H2,22,23,24,25). The predicted molar refractivity (Wildman–Crippen MR) is 111 cm³/mol. The molecule has 4 rings (SSSR count). The molecule has 1 heterocycles. The molecule has 0 aliphatic heterocycles. The van der Waals surface area contributed by atoms with Crippen molar-refractivity contribution in [3.63, 3.8) is 0 Å². The number of fused-ring (bicyclic) bond motifs is 2. The molecule has 0 atom stereocenters. The Morgan fingerprint density at radius 2 is 1.93 bits per heavy atom. The summed E-state index contributed by atoms with van der Waals surface area (Å²) in [5.74, 6) is 0.705. The van der Waals surface area contributed by atoms with E-state index in [1.165, 1.54) is 11.3 Å². The van der Waals surface area contributed by atoms with Gasteiger partial charge in [0.2, 0.25) is 0 Å². The van der Waals surface area contributed by atoms with Crippen LogP contribution in [0.15, 0.2) is 54.6 Å². The summed E-state index contributed by atoms with van der Waals surface area (Å²) >= 11 is 1.44. The summed E-state index contributed by atoms with van der Waals surface area (Å²) in [6, 6.07) is 17.8. The molecule has 4 aromatic rings. The van der Waals surface area contributed by atoms with Gasteiger partial charge in [0.15, 0.2) is 5.13 Å². The van der Waals surface area contributed by atoms with Gasteiger partial charge in [-0.25, -0.2) is 9.78 Å². The van der Waals surface area contributed by atoms with E-state index in [-0.39, 0.29) is 6.03 Å². The van der Waals surface area contributed by atoms with Crippen LogP contribution in [0.2, 0.25) is 0 Å². The van der Waals surface area contributed by atoms with E-state index in [1.807, 2.05) is 43.3 Å². The van der Waals surface area contributed by atoms with Gasteiger partial charge in [-0.3, -0.25) is 5.32 Å². The molecule has 0 saturated carbocycles. The van der Waals surface area contributed by atoms with Crippen LogP contribution < -0.4 is 15.4 Å². The highest BCUT2D eigenvalue weighted by molar-refractivity contribution is 7.22. The van der Waals surface area contributed by atoms with Crippen molar-refractivity contribution in [2.45, 2.75) is 13.5 Å². The molecule has 136 valence electrons. The van der Waals surface area contributed by atoms with Crippen LogP contribution in [0.3, 0.4) is 0 Å². The maximum atomic E-state index is 12.4. The Bertz CT molecular complexity index is 1130. The van der Waals surface area contributed by atoms with E-state index in [2.05, 4.69) is 33.8 Å². The number of anilines is 1. The fraction of sp³-hybridized carbons (Fsp3) is 0.143. The number of rotatable bonds is 4. The number of urea groups is 1. The van der Waals surface area contributed by atoms with Crippen molar-refractivity contribution >= 4 is 43.5 Å². The molecular weight excluding hydrogens is 358 g/mol. The molecule has 2 N–H and O–H groups in total. The number of carbonyl (C=O) groups excluding carboxylic acids is 1. The van der Waals surface area contributed by atoms with Crippen molar-refractivity contribution in [1.29, 1.82) is 0 Å². The van der Waals surface area contributed by atoms with Crippen molar-refractivity contribution in [3.05, 3.63) is 65.7 Å². The Kier molecular flexibility index (Phi) is 4.64. The molecule has 0 saturated heterocycles. The van der Waals surface area contributed by atoms with E-state index < -0.39 is 0 Å². The number of nitrogens with zero attached hydrogens (tertiary/aromatic N) is 1. The Hall–Kier alpha value is -3.12. The van der Waals surface area contributed by atoms with Gasteiger partial charge in [-0.05, 0) is 34.9 Å². The third kappa shape index (κ3) is 3.44. The number of hydrogen-bond acceptors (Lipinski definition) is 4. The van der Waals surface area contributed by atoms with Crippen LogP contribution in [-0.2, 0) is 6.54 Å². The highest BCUT2D eigenvalue weighted by Gasteiger charge is 2.13. The smallest absolute Gasteiger partial charge is 0.321 e. The molecule has 0 fully saturated rings. The number of benzene rings is 3. The SMILES string of the molecule is COc1ccc(C)c2sc(NC(=O)NCc3cccc4ccccc34)nc12. The number of carbonyl (C=O) groups is 1. The number of hydrogen-bond donors (Lipinski definition) is 2. The molecule has 6 heteroatoms. The van der Waals surface area contributed by atoms with Crippen LogP contribution in [0.25, 0.3) is 21.0 Å². The van der Waals surface area contributed by atoms with Gasteiger partial charge in [0.1, 0.15) is 11.3 Å². The van der Waals surface area contributed by atoms with Crippen LogP contribution >= 0.6 is 11.3 Å². The van der Waals surface area contributed by atoms with E-state index in [0.29, 0.717) is 17.4 Å². The van der Waals surface area contributed by atoms with Gasteiger partial charge in [-0.2, -0.15) is 0 Å². The first kappa shape index (κ1) is 17.3. The third-order valence-electron chi connectivity index (χ3n) is 4.46. The summed E-state index contributed by atoms with van der Waals surface area (Å²) in [6.45, 7) is 2.46. The van der Waals surface area contributed by atoms with Crippen LogP contribution in [0.4, 0.5) is 9.93 Å². The zero-order valence-electron chi connectivity index (χ0n) is 15.1. The minimum absolute atomic E-state index is 0.279. The van der Waals surface area contributed by atoms with Crippen molar-refractivity contribution in [1.82, 2.24) is 10.3 Å². The van der Waals surface area contributed by atoms with Gasteiger partial charge in [-0.15, -0.1) is 0 Å². The van der Waals surface area contributed by atoms with Gasteiger partial charge in [0.25, 0.3) is 0 Å². The van der Waals surface area contributed by atoms with E-state index in [1.54, 1.807) is 7.11 Å². The van der Waals surface area contributed by atoms with Gasteiger partial charge in [0, 0.05) is 6.54 Å². The lowest BCUT2D eigenvalue weighted by atomic mass is 10.0. The highest BCUT2D eigenvalue weighted by atomic mass is 32.1. The van der Waals surface area contributed by atoms with E-state index in [4.69, 9.17) is 4.74 Å². The van der Waals surface area contributed by atoms with Crippen molar-refractivity contribution in [2.75, 3.05) is 12.4 Å². The average molecular weight is 377 g/mol. The third-order valence-corrected chi connectivity index (χ3v) is 5.57. The van der Waals surface area contributed by atoms with Gasteiger partial charge in [0.05, 0.1) is 11.8 Å². The van der Waals surface area contributed by atoms with Crippen molar-refractivity contribution in [3.8, 4) is 5.75 Å². The summed E-state index contributed by atoms with van der Waals surface area (Å²) < 4.78 is 6.38. The molecule has 0 radical (unpaired) electrons. The second-order valence-corrected chi connectivity index (χ2v) is 7.23. The lowest BCUT2D eigenvalue weighted by Gasteiger charge is -2.08. The summed E-state index contributed by atoms with van der Waals surface area (Å²) in [4.78, 5) is 16.9. The fourth-order valence-corrected chi connectivity index (χ4v) is 4.04. The number of aryl methyl sites for hydroxylation is 1. The molecule has 0 bridgehead atoms. The molecule has 0 aliphatic carbocycles. The molecule has 0 unspecified atom stereocenters. The molecule has 5 nitrogen and oxygen atoms in total. The highest BCUT2D eigenvalue weighted by Crippen LogP contribution is 2.34. The van der Waals surface area contributed by atoms with Gasteiger partial charge < -0.3 is 10.1 Å². The first-order valence-electron chi connectivity index (χ1n) is 8.61. The molecule has 27 heavy (non-hydrogen) atoms. The van der Waals surface area contributed by atoms with Crippen molar-refractivity contribution in [2.24, 2.45) is 0 Å². The summed E-state index contributed by atoms with van der Waals surface area (Å²) in [5.41, 5.74) is 2.95. The number of thiazole rings is 1. The first-order valence-corrected chi connectivity index (χ1v) is 9.43. The monoisotopic (exact) mass is 377 g/mol. The first-order chi connectivity index (χ1) is 13.2. The van der Waals surface area contributed by atoms with Crippen molar-refractivity contribution < 1.29 is 9.53 Å². The lowest BCUT2D eigenvalue weighted by molar-refractivity contribution is 0.252. The van der Waals surface area contributed by atoms with E-state index in [9.17, 15) is 4.79 Å². The molecule has 0 aliphatic rings. The zero-order chi connectivity index (χ0) is 18.8. The molecule has 2 amide bonds. The Morgan fingerprint density at radius 3 is 2.78 bits per heavy atom. The van der Waals surface area contributed by atoms with Gasteiger partial charge in [-0.1, -0.05) is 59.9 Å². The number of methoxy groups -OCH3 is 1. The molecular formula is C21H19N3O2S. The topological polar surface area (TPSA) is 63.2 Å². The van der Waals surface area contributed by atoms with Crippen LogP contribution in [0, 0.1) is 6.92 Å². The summed E-state index contributed by atoms with van der Waals surface area (Å²) in [5, 5.41) is 8.59. The molecule has 3 aromatic carbocycles. The summed E-state index contributed by atoms with van der Waals surface area (Å²) in [7, 11) is 1.62. The maximum Gasteiger partial charge on any atom is 0.321 e. The van der Waals surface area contributed by atoms with Crippen LogP contribution in [0.5, 0.6) is 5.75 Å². The Morgan fingerprint density at radius 1 is 1.11 bits per heavy atom. The number of nitrogens with one attached hydrogen (secondary N) is 2. The second kappa shape index (κ2) is 7.25. The van der Waals surface area contributed by atoms with Crippen LogP contribution in [-0.4, -0.2) is 18.1 Å². The minimum atomic E-state index is -0.279. The zero-order valence-corrected chi connectivity index (χ0v) is 15.9. The number of ether oxygens (including phenoxy) is 1. The largest absolute Gasteiger partial charge is 0.494 e. The Labute approximate surface area is 161 Å². The second-order valence-electron chi connectivity index (χ2n) is 6.23. The quantitative estimate of drug-likeness (QED) is 0.521. The predicted octanol–water partition coefficient (Wildman–Crippen LogP) is 5.09. The molecule has 1 aromatic heterocycles. The summed E-state index contributed by atoms with van der Waals surface area (Å²) in [6.07, 6.45) is 0. The minimum Gasteiger partial charge on any atom is -0.494 e. The Balaban J connectivity index is 1.50. The molecule has 0 spiro atoms. The lowest BCUT2D eigenvalue weighted by Crippen LogP contribution is -2.28.